The first-order valence-electron chi connectivity index (χ1n) is 6.61. The second kappa shape index (κ2) is 4.61. The fourth-order valence-corrected chi connectivity index (χ4v) is 2.41. The molecule has 1 aliphatic carbocycles. The van der Waals surface area contributed by atoms with Gasteiger partial charge in [0.25, 0.3) is 0 Å². The molecule has 2 heterocycles. The van der Waals surface area contributed by atoms with Gasteiger partial charge in [-0.2, -0.15) is 0 Å². The molecule has 0 atom stereocenters. The summed E-state index contributed by atoms with van der Waals surface area (Å²) in [6.07, 6.45) is 8.96. The molecule has 0 radical (unpaired) electrons. The number of rotatable bonds is 3. The highest BCUT2D eigenvalue weighted by molar-refractivity contribution is 5.36. The molecule has 0 aromatic carbocycles. The molecule has 17 heavy (non-hydrogen) atoms. The fourth-order valence-electron chi connectivity index (χ4n) is 2.41. The molecule has 92 valence electrons. The molecule has 2 aliphatic rings. The molecule has 0 amide bonds. The van der Waals surface area contributed by atoms with Crippen molar-refractivity contribution in [1.82, 2.24) is 15.3 Å². The van der Waals surface area contributed by atoms with Gasteiger partial charge in [0.2, 0.25) is 0 Å². The van der Waals surface area contributed by atoms with E-state index in [1.54, 1.807) is 0 Å². The SMILES string of the molecule is Cc1cnc(N2CCC(NC3CC3)CC2)cn1. The van der Waals surface area contributed by atoms with Crippen molar-refractivity contribution < 1.29 is 0 Å². The summed E-state index contributed by atoms with van der Waals surface area (Å²) in [7, 11) is 0. The van der Waals surface area contributed by atoms with E-state index in [1.165, 1.54) is 25.7 Å². The number of nitrogens with zero attached hydrogens (tertiary/aromatic N) is 3. The molecule has 4 heteroatoms. The van der Waals surface area contributed by atoms with Gasteiger partial charge in [0.1, 0.15) is 5.82 Å². The lowest BCUT2D eigenvalue weighted by Crippen LogP contribution is -2.43. The number of piperidine rings is 1. The van der Waals surface area contributed by atoms with E-state index >= 15 is 0 Å². The number of aryl methyl sites for hydroxylation is 1. The Morgan fingerprint density at radius 2 is 1.76 bits per heavy atom. The predicted octanol–water partition coefficient (Wildman–Crippen LogP) is 1.51. The third-order valence-electron chi connectivity index (χ3n) is 3.64. The Balaban J connectivity index is 1.54. The second-order valence-corrected chi connectivity index (χ2v) is 5.22. The lowest BCUT2D eigenvalue weighted by atomic mass is 10.1. The van der Waals surface area contributed by atoms with Crippen LogP contribution < -0.4 is 10.2 Å². The lowest BCUT2D eigenvalue weighted by molar-refractivity contribution is 0.411. The summed E-state index contributed by atoms with van der Waals surface area (Å²) >= 11 is 0. The molecule has 1 aliphatic heterocycles. The second-order valence-electron chi connectivity index (χ2n) is 5.22. The van der Waals surface area contributed by atoms with Crippen LogP contribution in [0.15, 0.2) is 12.4 Å². The van der Waals surface area contributed by atoms with Gasteiger partial charge < -0.3 is 10.2 Å². The van der Waals surface area contributed by atoms with Gasteiger partial charge in [0, 0.05) is 25.2 Å². The average Bonchev–Trinajstić information content (AvgIpc) is 3.15. The van der Waals surface area contributed by atoms with Crippen molar-refractivity contribution in [3.63, 3.8) is 0 Å². The Bertz CT molecular complexity index is 364. The van der Waals surface area contributed by atoms with Gasteiger partial charge in [-0.25, -0.2) is 4.98 Å². The summed E-state index contributed by atoms with van der Waals surface area (Å²) in [5, 5.41) is 3.71. The quantitative estimate of drug-likeness (QED) is 0.857. The maximum absolute atomic E-state index is 4.44. The van der Waals surface area contributed by atoms with E-state index in [-0.39, 0.29) is 0 Å². The van der Waals surface area contributed by atoms with Crippen molar-refractivity contribution in [2.24, 2.45) is 0 Å². The van der Waals surface area contributed by atoms with E-state index in [4.69, 9.17) is 0 Å². The van der Waals surface area contributed by atoms with Gasteiger partial charge >= 0.3 is 0 Å². The Hall–Kier alpha value is -1.16. The van der Waals surface area contributed by atoms with Crippen molar-refractivity contribution in [1.29, 1.82) is 0 Å². The number of anilines is 1. The summed E-state index contributed by atoms with van der Waals surface area (Å²) < 4.78 is 0. The van der Waals surface area contributed by atoms with E-state index in [1.807, 2.05) is 19.3 Å². The molecule has 3 rings (SSSR count). The van der Waals surface area contributed by atoms with Gasteiger partial charge in [-0.3, -0.25) is 4.98 Å². The predicted molar refractivity (Wildman–Crippen MR) is 68.2 cm³/mol. The van der Waals surface area contributed by atoms with Crippen molar-refractivity contribution >= 4 is 5.82 Å². The van der Waals surface area contributed by atoms with Crippen LogP contribution in [0.1, 0.15) is 31.4 Å². The van der Waals surface area contributed by atoms with Crippen LogP contribution in [0.25, 0.3) is 0 Å². The largest absolute Gasteiger partial charge is 0.355 e. The topological polar surface area (TPSA) is 41.1 Å². The summed E-state index contributed by atoms with van der Waals surface area (Å²) in [4.78, 5) is 11.1. The van der Waals surface area contributed by atoms with Crippen LogP contribution in [0.3, 0.4) is 0 Å². The van der Waals surface area contributed by atoms with E-state index in [9.17, 15) is 0 Å². The first-order chi connectivity index (χ1) is 8.31. The Kier molecular flexibility index (Phi) is 2.97. The Labute approximate surface area is 102 Å². The first-order valence-corrected chi connectivity index (χ1v) is 6.61. The molecular formula is C13H20N4. The van der Waals surface area contributed by atoms with E-state index in [0.717, 1.165) is 36.7 Å². The summed E-state index contributed by atoms with van der Waals surface area (Å²) in [6.45, 7) is 4.17. The summed E-state index contributed by atoms with van der Waals surface area (Å²) in [5.41, 5.74) is 0.985. The molecule has 0 unspecified atom stereocenters. The van der Waals surface area contributed by atoms with Gasteiger partial charge in [-0.15, -0.1) is 0 Å². The highest BCUT2D eigenvalue weighted by atomic mass is 15.2. The van der Waals surface area contributed by atoms with Crippen LogP contribution in [-0.4, -0.2) is 35.1 Å². The number of hydrogen-bond acceptors (Lipinski definition) is 4. The third kappa shape index (κ3) is 2.75. The van der Waals surface area contributed by atoms with Gasteiger partial charge in [-0.05, 0) is 32.6 Å². The van der Waals surface area contributed by atoms with Gasteiger partial charge in [0.15, 0.2) is 0 Å². The molecule has 2 fully saturated rings. The number of hydrogen-bond donors (Lipinski definition) is 1. The molecule has 1 aromatic heterocycles. The minimum absolute atomic E-state index is 0.720. The first kappa shape index (κ1) is 11.0. The van der Waals surface area contributed by atoms with Crippen molar-refractivity contribution in [3.8, 4) is 0 Å². The molecule has 1 N–H and O–H groups in total. The number of nitrogens with one attached hydrogen (secondary N) is 1. The Morgan fingerprint density at radius 1 is 1.06 bits per heavy atom. The van der Waals surface area contributed by atoms with Gasteiger partial charge in [0.05, 0.1) is 18.1 Å². The minimum Gasteiger partial charge on any atom is -0.355 e. The maximum atomic E-state index is 4.44. The van der Waals surface area contributed by atoms with Crippen LogP contribution in [0.2, 0.25) is 0 Å². The van der Waals surface area contributed by atoms with Crippen molar-refractivity contribution in [2.45, 2.75) is 44.7 Å². The van der Waals surface area contributed by atoms with Crippen molar-refractivity contribution in [3.05, 3.63) is 18.1 Å². The molecule has 4 nitrogen and oxygen atoms in total. The standard InChI is InChI=1S/C13H20N4/c1-10-8-15-13(9-14-10)17-6-4-12(5-7-17)16-11-2-3-11/h8-9,11-12,16H,2-7H2,1H3. The van der Waals surface area contributed by atoms with Gasteiger partial charge in [-0.1, -0.05) is 0 Å². The van der Waals surface area contributed by atoms with Crippen LogP contribution in [-0.2, 0) is 0 Å². The molecular weight excluding hydrogens is 212 g/mol. The zero-order chi connectivity index (χ0) is 11.7. The highest BCUT2D eigenvalue weighted by Gasteiger charge is 2.27. The normalized spacial score (nSPS) is 21.8. The highest BCUT2D eigenvalue weighted by Crippen LogP contribution is 2.23. The molecule has 0 bridgehead atoms. The average molecular weight is 232 g/mol. The smallest absolute Gasteiger partial charge is 0.147 e. The number of aromatic nitrogens is 2. The minimum atomic E-state index is 0.720. The van der Waals surface area contributed by atoms with Crippen LogP contribution >= 0.6 is 0 Å². The summed E-state index contributed by atoms with van der Waals surface area (Å²) in [5.74, 6) is 1.03. The Morgan fingerprint density at radius 3 is 2.35 bits per heavy atom. The van der Waals surface area contributed by atoms with Crippen LogP contribution in [0, 0.1) is 6.92 Å². The van der Waals surface area contributed by atoms with Crippen LogP contribution in [0.4, 0.5) is 5.82 Å². The monoisotopic (exact) mass is 232 g/mol. The fraction of sp³-hybridized carbons (Fsp3) is 0.692. The zero-order valence-corrected chi connectivity index (χ0v) is 10.4. The third-order valence-corrected chi connectivity index (χ3v) is 3.64. The summed E-state index contributed by atoms with van der Waals surface area (Å²) in [6, 6.07) is 1.54. The lowest BCUT2D eigenvalue weighted by Gasteiger charge is -2.33. The van der Waals surface area contributed by atoms with Crippen molar-refractivity contribution in [2.75, 3.05) is 18.0 Å². The zero-order valence-electron chi connectivity index (χ0n) is 10.4. The van der Waals surface area contributed by atoms with E-state index in [2.05, 4.69) is 20.2 Å². The van der Waals surface area contributed by atoms with Crippen LogP contribution in [0.5, 0.6) is 0 Å². The van der Waals surface area contributed by atoms with E-state index in [0.29, 0.717) is 0 Å². The molecule has 1 aromatic rings. The molecule has 1 saturated heterocycles. The van der Waals surface area contributed by atoms with E-state index < -0.39 is 0 Å². The maximum Gasteiger partial charge on any atom is 0.147 e. The molecule has 0 spiro atoms. The molecule has 1 saturated carbocycles.